The zero-order valence-corrected chi connectivity index (χ0v) is 15.7. The molecule has 0 bridgehead atoms. The summed E-state index contributed by atoms with van der Waals surface area (Å²) in [4.78, 5) is 14.8. The van der Waals surface area contributed by atoms with Crippen molar-refractivity contribution in [2.45, 2.75) is 44.6 Å². The molecule has 5 heteroatoms. The van der Waals surface area contributed by atoms with Gasteiger partial charge in [0.15, 0.2) is 11.5 Å². The second-order valence-corrected chi connectivity index (χ2v) is 6.91. The molecule has 22 heavy (non-hydrogen) atoms. The maximum atomic E-state index is 12.9. The van der Waals surface area contributed by atoms with Crippen LogP contribution in [0.3, 0.4) is 0 Å². The van der Waals surface area contributed by atoms with Crippen molar-refractivity contribution >= 4 is 28.5 Å². The molecular formula is C17H24INO3. The number of benzene rings is 1. The Kier molecular flexibility index (Phi) is 6.35. The Morgan fingerprint density at radius 2 is 1.64 bits per heavy atom. The number of carbonyl (C=O) groups excluding carboxylic acids is 1. The van der Waals surface area contributed by atoms with Crippen LogP contribution in [-0.4, -0.2) is 38.1 Å². The van der Waals surface area contributed by atoms with Crippen molar-refractivity contribution in [1.82, 2.24) is 4.90 Å². The first kappa shape index (κ1) is 17.4. The molecule has 1 aliphatic carbocycles. The van der Waals surface area contributed by atoms with Gasteiger partial charge in [0.2, 0.25) is 0 Å². The van der Waals surface area contributed by atoms with Gasteiger partial charge in [-0.3, -0.25) is 4.79 Å². The maximum absolute atomic E-state index is 12.9. The standard InChI is InChI=1S/C17H24INO3/c1-19(12-8-6-4-5-7-9-12)17(20)13-10-15(21-2)16(22-3)11-14(13)18/h10-12H,4-9H2,1-3H3. The third-order valence-corrected chi connectivity index (χ3v) is 5.29. The molecule has 0 aliphatic heterocycles. The molecule has 1 aliphatic rings. The number of hydrogen-bond acceptors (Lipinski definition) is 3. The van der Waals surface area contributed by atoms with E-state index >= 15 is 0 Å². The van der Waals surface area contributed by atoms with Crippen molar-refractivity contribution in [2.24, 2.45) is 0 Å². The minimum atomic E-state index is 0.0669. The first-order valence-corrected chi connectivity index (χ1v) is 8.85. The van der Waals surface area contributed by atoms with Crippen molar-refractivity contribution in [3.05, 3.63) is 21.3 Å². The summed E-state index contributed by atoms with van der Waals surface area (Å²) in [7, 11) is 5.12. The molecule has 0 spiro atoms. The van der Waals surface area contributed by atoms with E-state index in [4.69, 9.17) is 9.47 Å². The van der Waals surface area contributed by atoms with Crippen LogP contribution >= 0.6 is 22.6 Å². The van der Waals surface area contributed by atoms with Crippen LogP contribution in [0, 0.1) is 3.57 Å². The van der Waals surface area contributed by atoms with Crippen molar-refractivity contribution < 1.29 is 14.3 Å². The Labute approximate surface area is 146 Å². The van der Waals surface area contributed by atoms with E-state index in [0.717, 1.165) is 16.4 Å². The smallest absolute Gasteiger partial charge is 0.255 e. The second kappa shape index (κ2) is 8.04. The van der Waals surface area contributed by atoms with E-state index in [9.17, 15) is 4.79 Å². The van der Waals surface area contributed by atoms with E-state index in [2.05, 4.69) is 22.6 Å². The summed E-state index contributed by atoms with van der Waals surface area (Å²) in [5.74, 6) is 1.32. The molecule has 1 fully saturated rings. The molecule has 0 aromatic heterocycles. The van der Waals surface area contributed by atoms with Crippen molar-refractivity contribution in [3.8, 4) is 11.5 Å². The topological polar surface area (TPSA) is 38.8 Å². The average molecular weight is 417 g/mol. The highest BCUT2D eigenvalue weighted by Crippen LogP contribution is 2.32. The predicted octanol–water partition coefficient (Wildman–Crippen LogP) is 4.10. The van der Waals surface area contributed by atoms with Crippen LogP contribution in [0.15, 0.2) is 12.1 Å². The molecule has 0 saturated heterocycles. The molecule has 4 nitrogen and oxygen atoms in total. The van der Waals surface area contributed by atoms with E-state index in [1.165, 1.54) is 25.7 Å². The van der Waals surface area contributed by atoms with Gasteiger partial charge in [-0.05, 0) is 47.6 Å². The zero-order valence-electron chi connectivity index (χ0n) is 13.5. The van der Waals surface area contributed by atoms with Gasteiger partial charge >= 0.3 is 0 Å². The van der Waals surface area contributed by atoms with Gasteiger partial charge in [-0.2, -0.15) is 0 Å². The Hall–Kier alpha value is -0.980. The summed E-state index contributed by atoms with van der Waals surface area (Å²) in [5, 5.41) is 0. The summed E-state index contributed by atoms with van der Waals surface area (Å²) in [5.41, 5.74) is 0.685. The number of halogens is 1. The van der Waals surface area contributed by atoms with Gasteiger partial charge in [0, 0.05) is 16.7 Å². The molecule has 1 aromatic carbocycles. The molecule has 1 aromatic rings. The average Bonchev–Trinajstić information content (AvgIpc) is 2.82. The molecule has 0 unspecified atom stereocenters. The summed E-state index contributed by atoms with van der Waals surface area (Å²) in [6.45, 7) is 0. The lowest BCUT2D eigenvalue weighted by atomic mass is 10.1. The fraction of sp³-hybridized carbons (Fsp3) is 0.588. The highest BCUT2D eigenvalue weighted by Gasteiger charge is 2.24. The minimum absolute atomic E-state index is 0.0669. The summed E-state index contributed by atoms with van der Waals surface area (Å²) >= 11 is 2.19. The molecule has 1 saturated carbocycles. The highest BCUT2D eigenvalue weighted by molar-refractivity contribution is 14.1. The lowest BCUT2D eigenvalue weighted by Gasteiger charge is -2.28. The fourth-order valence-electron chi connectivity index (χ4n) is 3.02. The largest absolute Gasteiger partial charge is 0.493 e. The van der Waals surface area contributed by atoms with Crippen LogP contribution in [0.25, 0.3) is 0 Å². The normalized spacial score (nSPS) is 16.0. The van der Waals surface area contributed by atoms with E-state index in [0.29, 0.717) is 23.1 Å². The Balaban J connectivity index is 2.24. The third-order valence-electron chi connectivity index (χ3n) is 4.40. The lowest BCUT2D eigenvalue weighted by Crippen LogP contribution is -2.37. The quantitative estimate of drug-likeness (QED) is 0.547. The number of amides is 1. The van der Waals surface area contributed by atoms with Crippen molar-refractivity contribution in [3.63, 3.8) is 0 Å². The molecule has 2 rings (SSSR count). The first-order chi connectivity index (χ1) is 10.6. The molecule has 0 heterocycles. The lowest BCUT2D eigenvalue weighted by molar-refractivity contribution is 0.0716. The predicted molar refractivity (Wildman–Crippen MR) is 95.8 cm³/mol. The van der Waals surface area contributed by atoms with Gasteiger partial charge in [-0.15, -0.1) is 0 Å². The minimum Gasteiger partial charge on any atom is -0.493 e. The fourth-order valence-corrected chi connectivity index (χ4v) is 3.69. The van der Waals surface area contributed by atoms with Crippen LogP contribution in [0.4, 0.5) is 0 Å². The van der Waals surface area contributed by atoms with Gasteiger partial charge in [0.1, 0.15) is 0 Å². The van der Waals surface area contributed by atoms with E-state index < -0.39 is 0 Å². The summed E-state index contributed by atoms with van der Waals surface area (Å²) < 4.78 is 11.5. The summed E-state index contributed by atoms with van der Waals surface area (Å²) in [6, 6.07) is 3.99. The molecule has 0 N–H and O–H groups in total. The van der Waals surface area contributed by atoms with Gasteiger partial charge in [0.25, 0.3) is 5.91 Å². The Morgan fingerprint density at radius 1 is 1.09 bits per heavy atom. The highest BCUT2D eigenvalue weighted by atomic mass is 127. The molecule has 0 atom stereocenters. The van der Waals surface area contributed by atoms with Gasteiger partial charge < -0.3 is 14.4 Å². The number of carbonyl (C=O) groups is 1. The molecule has 0 radical (unpaired) electrons. The SMILES string of the molecule is COc1cc(I)c(C(=O)N(C)C2CCCCCC2)cc1OC. The molecular weight excluding hydrogens is 393 g/mol. The number of nitrogens with zero attached hydrogens (tertiary/aromatic N) is 1. The Morgan fingerprint density at radius 3 is 2.18 bits per heavy atom. The number of rotatable bonds is 4. The molecule has 122 valence electrons. The van der Waals surface area contributed by atoms with Crippen LogP contribution in [0.1, 0.15) is 48.9 Å². The van der Waals surface area contributed by atoms with Crippen LogP contribution in [-0.2, 0) is 0 Å². The van der Waals surface area contributed by atoms with Gasteiger partial charge in [-0.25, -0.2) is 0 Å². The summed E-state index contributed by atoms with van der Waals surface area (Å²) in [6.07, 6.45) is 7.20. The van der Waals surface area contributed by atoms with E-state index in [-0.39, 0.29) is 5.91 Å². The van der Waals surface area contributed by atoms with Crippen molar-refractivity contribution in [1.29, 1.82) is 0 Å². The zero-order chi connectivity index (χ0) is 16.1. The van der Waals surface area contributed by atoms with Gasteiger partial charge in [-0.1, -0.05) is 25.7 Å². The second-order valence-electron chi connectivity index (χ2n) is 5.75. The number of methoxy groups -OCH3 is 2. The van der Waals surface area contributed by atoms with Crippen LogP contribution < -0.4 is 9.47 Å². The van der Waals surface area contributed by atoms with Crippen LogP contribution in [0.2, 0.25) is 0 Å². The van der Waals surface area contributed by atoms with Crippen LogP contribution in [0.5, 0.6) is 11.5 Å². The third kappa shape index (κ3) is 3.86. The van der Waals surface area contributed by atoms with Crippen molar-refractivity contribution in [2.75, 3.05) is 21.3 Å². The van der Waals surface area contributed by atoms with E-state index in [1.54, 1.807) is 20.3 Å². The first-order valence-electron chi connectivity index (χ1n) is 7.77. The monoisotopic (exact) mass is 417 g/mol. The number of ether oxygens (including phenoxy) is 2. The van der Waals surface area contributed by atoms with E-state index in [1.807, 2.05) is 18.0 Å². The molecule has 1 amide bonds. The Bertz CT molecular complexity index is 525. The number of hydrogen-bond donors (Lipinski definition) is 0. The maximum Gasteiger partial charge on any atom is 0.255 e. The van der Waals surface area contributed by atoms with Gasteiger partial charge in [0.05, 0.1) is 19.8 Å².